The molecule has 0 aliphatic heterocycles. The minimum absolute atomic E-state index is 0.199. The van der Waals surface area contributed by atoms with Crippen molar-refractivity contribution in [1.29, 1.82) is 0 Å². The van der Waals surface area contributed by atoms with Crippen LogP contribution >= 0.6 is 28.1 Å². The van der Waals surface area contributed by atoms with Crippen LogP contribution in [0.25, 0.3) is 0 Å². The number of nitrogens with one attached hydrogen (secondary N) is 1. The molecule has 0 aliphatic carbocycles. The molecule has 1 unspecified atom stereocenters. The SMILES string of the molecule is Cc1ccc(Br)cc1C(=O)NC(C(N)=S)c1ccccc1. The van der Waals surface area contributed by atoms with Crippen molar-refractivity contribution in [2.24, 2.45) is 5.73 Å². The van der Waals surface area contributed by atoms with E-state index < -0.39 is 6.04 Å². The van der Waals surface area contributed by atoms with Crippen LogP contribution in [0.3, 0.4) is 0 Å². The van der Waals surface area contributed by atoms with E-state index in [0.717, 1.165) is 15.6 Å². The Labute approximate surface area is 137 Å². The standard InChI is InChI=1S/C16H15BrN2OS/c1-10-7-8-12(17)9-13(10)16(20)19-14(15(18)21)11-5-3-2-4-6-11/h2-9,14H,1H3,(H2,18,21)(H,19,20). The van der Waals surface area contributed by atoms with Crippen molar-refractivity contribution in [1.82, 2.24) is 5.32 Å². The first-order chi connectivity index (χ1) is 9.99. The third-order valence-corrected chi connectivity index (χ3v) is 3.87. The van der Waals surface area contributed by atoms with E-state index in [0.29, 0.717) is 5.56 Å². The second-order valence-electron chi connectivity index (χ2n) is 4.68. The Morgan fingerprint density at radius 3 is 2.52 bits per heavy atom. The molecule has 0 bridgehead atoms. The van der Waals surface area contributed by atoms with Crippen LogP contribution in [0.1, 0.15) is 27.5 Å². The van der Waals surface area contributed by atoms with Gasteiger partial charge in [-0.05, 0) is 30.2 Å². The van der Waals surface area contributed by atoms with Crippen molar-refractivity contribution in [3.63, 3.8) is 0 Å². The van der Waals surface area contributed by atoms with Gasteiger partial charge in [0, 0.05) is 10.0 Å². The Balaban J connectivity index is 2.27. The number of amides is 1. The van der Waals surface area contributed by atoms with Gasteiger partial charge in [-0.15, -0.1) is 0 Å². The Morgan fingerprint density at radius 1 is 1.24 bits per heavy atom. The third-order valence-electron chi connectivity index (χ3n) is 3.14. The number of aryl methyl sites for hydroxylation is 1. The second-order valence-corrected chi connectivity index (χ2v) is 6.07. The molecule has 1 atom stereocenters. The van der Waals surface area contributed by atoms with Gasteiger partial charge in [-0.2, -0.15) is 0 Å². The molecule has 3 N–H and O–H groups in total. The maximum Gasteiger partial charge on any atom is 0.252 e. The molecule has 3 nitrogen and oxygen atoms in total. The molecule has 0 saturated heterocycles. The fraction of sp³-hybridized carbons (Fsp3) is 0.125. The van der Waals surface area contributed by atoms with E-state index in [1.54, 1.807) is 6.07 Å². The first-order valence-corrected chi connectivity index (χ1v) is 7.60. The lowest BCUT2D eigenvalue weighted by molar-refractivity contribution is 0.0946. The number of benzene rings is 2. The summed E-state index contributed by atoms with van der Waals surface area (Å²) in [5.41, 5.74) is 8.13. The average molecular weight is 363 g/mol. The predicted molar refractivity (Wildman–Crippen MR) is 92.3 cm³/mol. The molecule has 5 heteroatoms. The van der Waals surface area contributed by atoms with E-state index in [-0.39, 0.29) is 10.9 Å². The van der Waals surface area contributed by atoms with Crippen molar-refractivity contribution in [3.05, 3.63) is 69.7 Å². The average Bonchev–Trinajstić information content (AvgIpc) is 2.47. The van der Waals surface area contributed by atoms with Gasteiger partial charge in [0.2, 0.25) is 0 Å². The third kappa shape index (κ3) is 3.89. The summed E-state index contributed by atoms with van der Waals surface area (Å²) in [6, 6.07) is 14.5. The zero-order valence-electron chi connectivity index (χ0n) is 11.5. The van der Waals surface area contributed by atoms with E-state index in [2.05, 4.69) is 21.2 Å². The van der Waals surface area contributed by atoms with E-state index in [1.807, 2.05) is 49.4 Å². The molecule has 2 rings (SSSR count). The van der Waals surface area contributed by atoms with Gasteiger partial charge in [0.25, 0.3) is 5.91 Å². The summed E-state index contributed by atoms with van der Waals surface area (Å²) in [6.45, 7) is 1.89. The molecule has 0 fully saturated rings. The zero-order chi connectivity index (χ0) is 15.4. The smallest absolute Gasteiger partial charge is 0.252 e. The molecule has 0 radical (unpaired) electrons. The van der Waals surface area contributed by atoms with E-state index in [9.17, 15) is 4.79 Å². The first kappa shape index (κ1) is 15.7. The molecule has 0 saturated carbocycles. The van der Waals surface area contributed by atoms with E-state index >= 15 is 0 Å². The molecule has 1 amide bonds. The van der Waals surface area contributed by atoms with Gasteiger partial charge in [-0.3, -0.25) is 4.79 Å². The maximum atomic E-state index is 12.5. The topological polar surface area (TPSA) is 55.1 Å². The summed E-state index contributed by atoms with van der Waals surface area (Å²) in [5, 5.41) is 2.89. The van der Waals surface area contributed by atoms with Gasteiger partial charge < -0.3 is 11.1 Å². The van der Waals surface area contributed by atoms with Crippen LogP contribution in [0.15, 0.2) is 53.0 Å². The molecule has 21 heavy (non-hydrogen) atoms. The second kappa shape index (κ2) is 6.83. The van der Waals surface area contributed by atoms with Crippen LogP contribution in [0, 0.1) is 6.92 Å². The summed E-state index contributed by atoms with van der Waals surface area (Å²) < 4.78 is 0.852. The highest BCUT2D eigenvalue weighted by atomic mass is 79.9. The van der Waals surface area contributed by atoms with Crippen LogP contribution in [0.5, 0.6) is 0 Å². The van der Waals surface area contributed by atoms with Gasteiger partial charge in [0.15, 0.2) is 0 Å². The first-order valence-electron chi connectivity index (χ1n) is 6.40. The van der Waals surface area contributed by atoms with Gasteiger partial charge >= 0.3 is 0 Å². The van der Waals surface area contributed by atoms with Crippen molar-refractivity contribution in [2.75, 3.05) is 0 Å². The van der Waals surface area contributed by atoms with Crippen LogP contribution in [0.4, 0.5) is 0 Å². The lowest BCUT2D eigenvalue weighted by Gasteiger charge is -2.18. The summed E-state index contributed by atoms with van der Waals surface area (Å²) in [5.74, 6) is -0.199. The highest BCUT2D eigenvalue weighted by molar-refractivity contribution is 9.10. The minimum Gasteiger partial charge on any atom is -0.391 e. The maximum absolute atomic E-state index is 12.5. The molecule has 108 valence electrons. The molecular weight excluding hydrogens is 348 g/mol. The predicted octanol–water partition coefficient (Wildman–Crippen LogP) is 3.51. The highest BCUT2D eigenvalue weighted by Crippen LogP contribution is 2.18. The Hall–Kier alpha value is -1.72. The zero-order valence-corrected chi connectivity index (χ0v) is 13.9. The van der Waals surface area contributed by atoms with Gasteiger partial charge in [0.1, 0.15) is 11.0 Å². The molecular formula is C16H15BrN2OS. The number of rotatable bonds is 4. The fourth-order valence-corrected chi connectivity index (χ4v) is 2.57. The number of carbonyl (C=O) groups excluding carboxylic acids is 1. The minimum atomic E-state index is -0.480. The Morgan fingerprint density at radius 2 is 1.90 bits per heavy atom. The van der Waals surface area contributed by atoms with Crippen molar-refractivity contribution in [3.8, 4) is 0 Å². The summed E-state index contributed by atoms with van der Waals surface area (Å²) >= 11 is 8.45. The van der Waals surface area contributed by atoms with Crippen LogP contribution in [-0.4, -0.2) is 10.9 Å². The van der Waals surface area contributed by atoms with Crippen molar-refractivity contribution >= 4 is 39.0 Å². The fourth-order valence-electron chi connectivity index (χ4n) is 2.01. The summed E-state index contributed by atoms with van der Waals surface area (Å²) in [6.07, 6.45) is 0. The highest BCUT2D eigenvalue weighted by Gasteiger charge is 2.19. The monoisotopic (exact) mass is 362 g/mol. The number of halogens is 1. The summed E-state index contributed by atoms with van der Waals surface area (Å²) in [4.78, 5) is 12.7. The molecule has 2 aromatic rings. The summed E-state index contributed by atoms with van der Waals surface area (Å²) in [7, 11) is 0. The number of hydrogen-bond acceptors (Lipinski definition) is 2. The number of thiocarbonyl (C=S) groups is 1. The largest absolute Gasteiger partial charge is 0.391 e. The quantitative estimate of drug-likeness (QED) is 0.818. The molecule has 2 aromatic carbocycles. The number of nitrogens with two attached hydrogens (primary N) is 1. The lowest BCUT2D eigenvalue weighted by Crippen LogP contribution is -2.36. The number of carbonyl (C=O) groups is 1. The molecule has 0 aromatic heterocycles. The Bertz CT molecular complexity index is 673. The van der Waals surface area contributed by atoms with Crippen LogP contribution in [-0.2, 0) is 0 Å². The molecule has 0 spiro atoms. The van der Waals surface area contributed by atoms with Gasteiger partial charge in [-0.25, -0.2) is 0 Å². The van der Waals surface area contributed by atoms with Gasteiger partial charge in [-0.1, -0.05) is 64.5 Å². The van der Waals surface area contributed by atoms with Crippen molar-refractivity contribution in [2.45, 2.75) is 13.0 Å². The van der Waals surface area contributed by atoms with Crippen molar-refractivity contribution < 1.29 is 4.79 Å². The van der Waals surface area contributed by atoms with Gasteiger partial charge in [0.05, 0.1) is 0 Å². The normalized spacial score (nSPS) is 11.7. The van der Waals surface area contributed by atoms with E-state index in [4.69, 9.17) is 18.0 Å². The Kier molecular flexibility index (Phi) is 5.09. The van der Waals surface area contributed by atoms with Crippen LogP contribution < -0.4 is 11.1 Å². The lowest BCUT2D eigenvalue weighted by atomic mass is 10.0. The molecule has 0 heterocycles. The van der Waals surface area contributed by atoms with E-state index in [1.165, 1.54) is 0 Å². The molecule has 0 aliphatic rings. The van der Waals surface area contributed by atoms with Crippen LogP contribution in [0.2, 0.25) is 0 Å². The number of hydrogen-bond donors (Lipinski definition) is 2.